The minimum atomic E-state index is -0.998. The van der Waals surface area contributed by atoms with Gasteiger partial charge in [0.1, 0.15) is 18.3 Å². The lowest BCUT2D eigenvalue weighted by Crippen LogP contribution is -2.52. The summed E-state index contributed by atoms with van der Waals surface area (Å²) < 4.78 is 2.84. The smallest absolute Gasteiger partial charge is 0.325 e. The Morgan fingerprint density at radius 3 is 2.84 bits per heavy atom. The first kappa shape index (κ1) is 19.6. The summed E-state index contributed by atoms with van der Waals surface area (Å²) in [6.45, 7) is 0.00840. The van der Waals surface area contributed by atoms with Gasteiger partial charge in [-0.05, 0) is 30.2 Å². The van der Waals surface area contributed by atoms with Crippen molar-refractivity contribution in [3.63, 3.8) is 0 Å². The Morgan fingerprint density at radius 1 is 1.22 bits per heavy atom. The minimum absolute atomic E-state index is 0.201. The van der Waals surface area contributed by atoms with Crippen LogP contribution in [0, 0.1) is 0 Å². The highest BCUT2D eigenvalue weighted by Crippen LogP contribution is 2.29. The highest BCUT2D eigenvalue weighted by Gasteiger charge is 2.39. The molecule has 32 heavy (non-hydrogen) atoms. The SMILES string of the molecule is O=C(O)Cn1cc(-c2cn(-c3ccc4c(c3)CN(C3CCC(=O)NC3=O)C4=O)nn2)cn1. The Hall–Kier alpha value is -4.35. The monoisotopic (exact) mass is 435 g/mol. The van der Waals surface area contributed by atoms with Crippen LogP contribution < -0.4 is 5.32 Å². The zero-order chi connectivity index (χ0) is 22.4. The van der Waals surface area contributed by atoms with Crippen molar-refractivity contribution in [2.24, 2.45) is 0 Å². The van der Waals surface area contributed by atoms with E-state index < -0.39 is 17.9 Å². The van der Waals surface area contributed by atoms with Crippen LogP contribution in [0.2, 0.25) is 0 Å². The summed E-state index contributed by atoms with van der Waals surface area (Å²) in [5.41, 5.74) is 3.08. The second-order valence-electron chi connectivity index (χ2n) is 7.61. The molecule has 3 aromatic rings. The molecular weight excluding hydrogens is 418 g/mol. The van der Waals surface area contributed by atoms with Gasteiger partial charge in [0.2, 0.25) is 11.8 Å². The molecule has 1 aromatic carbocycles. The van der Waals surface area contributed by atoms with Crippen molar-refractivity contribution in [1.82, 2.24) is 35.0 Å². The van der Waals surface area contributed by atoms with E-state index >= 15 is 0 Å². The standard InChI is InChI=1S/C20H17N7O5/c28-17-4-3-16(19(31)22-17)26-8-11-5-13(1-2-14(11)20(26)32)27-9-15(23-24-27)12-6-21-25(7-12)10-18(29)30/h1-2,5-7,9,16H,3-4,8,10H2,(H,29,30)(H,22,28,31). The third-order valence-electron chi connectivity index (χ3n) is 5.49. The molecule has 3 amide bonds. The van der Waals surface area contributed by atoms with Gasteiger partial charge in [-0.1, -0.05) is 5.21 Å². The van der Waals surface area contributed by atoms with Crippen LogP contribution >= 0.6 is 0 Å². The maximum absolute atomic E-state index is 12.8. The number of aromatic nitrogens is 5. The number of carboxylic acids is 1. The van der Waals surface area contributed by atoms with Gasteiger partial charge in [-0.3, -0.25) is 29.2 Å². The van der Waals surface area contributed by atoms with Gasteiger partial charge >= 0.3 is 5.97 Å². The molecule has 2 aliphatic heterocycles. The number of imide groups is 1. The van der Waals surface area contributed by atoms with Crippen molar-refractivity contribution in [3.05, 3.63) is 47.9 Å². The summed E-state index contributed by atoms with van der Waals surface area (Å²) in [4.78, 5) is 48.7. The van der Waals surface area contributed by atoms with E-state index in [1.165, 1.54) is 15.8 Å². The van der Waals surface area contributed by atoms with Gasteiger partial charge in [0.05, 0.1) is 18.1 Å². The van der Waals surface area contributed by atoms with E-state index in [1.54, 1.807) is 29.2 Å². The molecule has 0 bridgehead atoms. The van der Waals surface area contributed by atoms with Crippen LogP contribution in [-0.4, -0.2) is 64.5 Å². The number of nitrogens with zero attached hydrogens (tertiary/aromatic N) is 6. The molecule has 1 atom stereocenters. The van der Waals surface area contributed by atoms with E-state index in [1.807, 2.05) is 6.07 Å². The molecule has 2 aliphatic rings. The number of hydrogen-bond acceptors (Lipinski definition) is 7. The van der Waals surface area contributed by atoms with Crippen LogP contribution in [0.3, 0.4) is 0 Å². The first-order valence-electron chi connectivity index (χ1n) is 9.84. The number of piperidine rings is 1. The molecule has 12 heteroatoms. The van der Waals surface area contributed by atoms with E-state index in [-0.39, 0.29) is 31.3 Å². The topological polar surface area (TPSA) is 152 Å². The second-order valence-corrected chi connectivity index (χ2v) is 7.61. The van der Waals surface area contributed by atoms with E-state index in [2.05, 4.69) is 20.7 Å². The van der Waals surface area contributed by atoms with Gasteiger partial charge in [-0.25, -0.2) is 4.68 Å². The summed E-state index contributed by atoms with van der Waals surface area (Å²) in [6.07, 6.45) is 5.27. The number of carbonyl (C=O) groups is 4. The Labute approximate surface area is 180 Å². The predicted octanol–water partition coefficient (Wildman–Crippen LogP) is -0.0236. The third-order valence-corrected chi connectivity index (χ3v) is 5.49. The predicted molar refractivity (Wildman–Crippen MR) is 106 cm³/mol. The summed E-state index contributed by atoms with van der Waals surface area (Å²) in [5, 5.41) is 23.4. The summed E-state index contributed by atoms with van der Waals surface area (Å²) >= 11 is 0. The maximum Gasteiger partial charge on any atom is 0.325 e. The van der Waals surface area contributed by atoms with E-state index in [0.29, 0.717) is 28.9 Å². The van der Waals surface area contributed by atoms with Crippen LogP contribution in [0.4, 0.5) is 0 Å². The van der Waals surface area contributed by atoms with Crippen LogP contribution in [-0.2, 0) is 27.5 Å². The molecule has 0 radical (unpaired) electrons. The maximum atomic E-state index is 12.8. The first-order valence-corrected chi connectivity index (χ1v) is 9.84. The largest absolute Gasteiger partial charge is 0.480 e. The van der Waals surface area contributed by atoms with Crippen molar-refractivity contribution in [3.8, 4) is 16.9 Å². The molecule has 2 aromatic heterocycles. The summed E-state index contributed by atoms with van der Waals surface area (Å²) in [6, 6.07) is 4.56. The molecule has 1 saturated heterocycles. The number of hydrogen-bond donors (Lipinski definition) is 2. The van der Waals surface area contributed by atoms with E-state index in [4.69, 9.17) is 5.11 Å². The second kappa shape index (κ2) is 7.41. The lowest BCUT2D eigenvalue weighted by molar-refractivity contribution is -0.138. The van der Waals surface area contributed by atoms with Crippen LogP contribution in [0.15, 0.2) is 36.8 Å². The number of amides is 3. The first-order chi connectivity index (χ1) is 15.4. The van der Waals surface area contributed by atoms with Gasteiger partial charge in [0, 0.05) is 30.3 Å². The molecule has 4 heterocycles. The molecule has 1 fully saturated rings. The Bertz CT molecular complexity index is 1280. The molecule has 0 saturated carbocycles. The average Bonchev–Trinajstić information content (AvgIpc) is 3.47. The normalized spacial score (nSPS) is 18.1. The van der Waals surface area contributed by atoms with Crippen LogP contribution in [0.1, 0.15) is 28.8 Å². The van der Waals surface area contributed by atoms with Crippen LogP contribution in [0.5, 0.6) is 0 Å². The number of carboxylic acid groups (broad SMARTS) is 1. The lowest BCUT2D eigenvalue weighted by atomic mass is 10.0. The number of nitrogens with one attached hydrogen (secondary N) is 1. The van der Waals surface area contributed by atoms with Gasteiger partial charge < -0.3 is 10.0 Å². The molecular formula is C20H17N7O5. The zero-order valence-corrected chi connectivity index (χ0v) is 16.6. The van der Waals surface area contributed by atoms with E-state index in [0.717, 1.165) is 5.56 Å². The molecule has 12 nitrogen and oxygen atoms in total. The van der Waals surface area contributed by atoms with Crippen molar-refractivity contribution in [2.75, 3.05) is 0 Å². The van der Waals surface area contributed by atoms with Gasteiger partial charge in [0.15, 0.2) is 0 Å². The third kappa shape index (κ3) is 3.41. The Morgan fingerprint density at radius 2 is 2.06 bits per heavy atom. The Kier molecular flexibility index (Phi) is 4.54. The highest BCUT2D eigenvalue weighted by molar-refractivity contribution is 6.05. The number of benzene rings is 1. The summed E-state index contributed by atoms with van der Waals surface area (Å²) in [5.74, 6) is -2.02. The quantitative estimate of drug-likeness (QED) is 0.530. The lowest BCUT2D eigenvalue weighted by Gasteiger charge is -2.29. The molecule has 162 valence electrons. The number of rotatable bonds is 5. The minimum Gasteiger partial charge on any atom is -0.480 e. The highest BCUT2D eigenvalue weighted by atomic mass is 16.4. The molecule has 2 N–H and O–H groups in total. The average molecular weight is 435 g/mol. The molecule has 5 rings (SSSR count). The number of carbonyl (C=O) groups excluding carboxylic acids is 3. The number of aliphatic carboxylic acids is 1. The molecule has 0 spiro atoms. The fraction of sp³-hybridized carbons (Fsp3) is 0.250. The zero-order valence-electron chi connectivity index (χ0n) is 16.6. The van der Waals surface area contributed by atoms with Gasteiger partial charge in [-0.15, -0.1) is 5.10 Å². The van der Waals surface area contributed by atoms with Gasteiger partial charge in [-0.2, -0.15) is 5.10 Å². The van der Waals surface area contributed by atoms with Gasteiger partial charge in [0.25, 0.3) is 5.91 Å². The molecule has 0 aliphatic carbocycles. The fourth-order valence-corrected chi connectivity index (χ4v) is 3.95. The molecule has 1 unspecified atom stereocenters. The van der Waals surface area contributed by atoms with Crippen molar-refractivity contribution < 1.29 is 24.3 Å². The van der Waals surface area contributed by atoms with E-state index in [9.17, 15) is 19.2 Å². The van der Waals surface area contributed by atoms with Crippen molar-refractivity contribution in [2.45, 2.75) is 32.0 Å². The van der Waals surface area contributed by atoms with Crippen molar-refractivity contribution >= 4 is 23.7 Å². The fourth-order valence-electron chi connectivity index (χ4n) is 3.95. The van der Waals surface area contributed by atoms with Crippen LogP contribution in [0.25, 0.3) is 16.9 Å². The van der Waals surface area contributed by atoms with Crippen molar-refractivity contribution in [1.29, 1.82) is 0 Å². The number of fused-ring (bicyclic) bond motifs is 1. The Balaban J connectivity index is 1.37. The summed E-state index contributed by atoms with van der Waals surface area (Å²) in [7, 11) is 0.